The molecule has 1 unspecified atom stereocenters. The van der Waals surface area contributed by atoms with Crippen molar-refractivity contribution in [3.05, 3.63) is 44.6 Å². The molecule has 8 heteroatoms. The molecule has 136 valence electrons. The Hall–Kier alpha value is -1.83. The second kappa shape index (κ2) is 7.82. The molecule has 1 aromatic carbocycles. The number of hydrogen-bond acceptors (Lipinski definition) is 6. The van der Waals surface area contributed by atoms with Gasteiger partial charge in [-0.05, 0) is 38.1 Å². The van der Waals surface area contributed by atoms with Gasteiger partial charge in [-0.2, -0.15) is 0 Å². The smallest absolute Gasteiger partial charge is 0.307 e. The van der Waals surface area contributed by atoms with Crippen LogP contribution in [0, 0.1) is 13.8 Å². The molecule has 1 atom stereocenters. The Balaban J connectivity index is 1.56. The number of thiophene rings is 1. The number of nitrogens with one attached hydrogen (secondary N) is 1. The number of Topliss-reactive ketones (excluding diaryl/α,β-unsaturated/α-hetero) is 1. The number of fused-ring (bicyclic) bond motifs is 1. The van der Waals surface area contributed by atoms with E-state index in [2.05, 4.69) is 5.32 Å². The van der Waals surface area contributed by atoms with Crippen LogP contribution < -0.4 is 5.32 Å². The number of esters is 1. The van der Waals surface area contributed by atoms with Crippen LogP contribution in [0.2, 0.25) is 5.02 Å². The fourth-order valence-corrected chi connectivity index (χ4v) is 4.79. The van der Waals surface area contributed by atoms with Crippen LogP contribution in [0.5, 0.6) is 0 Å². The third-order valence-electron chi connectivity index (χ3n) is 3.82. The van der Waals surface area contributed by atoms with Crippen molar-refractivity contribution >= 4 is 58.0 Å². The number of halogens is 1. The molecule has 3 rings (SSSR count). The van der Waals surface area contributed by atoms with E-state index >= 15 is 0 Å². The van der Waals surface area contributed by atoms with Crippen molar-refractivity contribution in [2.75, 3.05) is 11.9 Å². The first-order valence-electron chi connectivity index (χ1n) is 7.86. The highest BCUT2D eigenvalue weighted by Gasteiger charge is 2.30. The van der Waals surface area contributed by atoms with E-state index in [-0.39, 0.29) is 24.7 Å². The summed E-state index contributed by atoms with van der Waals surface area (Å²) in [6, 6.07) is 6.98. The Morgan fingerprint density at radius 3 is 2.73 bits per heavy atom. The standard InChI is InChI=1S/C18H16ClNO4S2/c1-9-5-12(10(2)25-9)14(21)8-24-17(22)7-16-18(23)20-13-6-11(19)3-4-15(13)26-16/h3-6,16H,7-8H2,1-2H3,(H,20,23). The number of ketones is 1. The number of carbonyl (C=O) groups is 3. The van der Waals surface area contributed by atoms with Gasteiger partial charge in [-0.1, -0.05) is 11.6 Å². The zero-order valence-electron chi connectivity index (χ0n) is 14.1. The minimum absolute atomic E-state index is 0.104. The second-order valence-corrected chi connectivity index (χ2v) is 8.99. The second-order valence-electron chi connectivity index (χ2n) is 5.85. The summed E-state index contributed by atoms with van der Waals surface area (Å²) in [5.74, 6) is -1.09. The van der Waals surface area contributed by atoms with Gasteiger partial charge in [0, 0.05) is 25.2 Å². The fraction of sp³-hybridized carbons (Fsp3) is 0.278. The minimum Gasteiger partial charge on any atom is -0.457 e. The summed E-state index contributed by atoms with van der Waals surface area (Å²) in [7, 11) is 0. The first-order valence-corrected chi connectivity index (χ1v) is 9.94. The molecule has 1 aliphatic rings. The molecule has 2 aromatic rings. The molecule has 0 aliphatic carbocycles. The molecule has 5 nitrogen and oxygen atoms in total. The predicted octanol–water partition coefficient (Wildman–Crippen LogP) is 4.25. The molecular formula is C18H16ClNO4S2. The Kier molecular flexibility index (Phi) is 5.70. The molecule has 1 aromatic heterocycles. The summed E-state index contributed by atoms with van der Waals surface area (Å²) in [6.07, 6.45) is -0.104. The van der Waals surface area contributed by atoms with E-state index in [0.717, 1.165) is 14.6 Å². The van der Waals surface area contributed by atoms with Crippen molar-refractivity contribution < 1.29 is 19.1 Å². The predicted molar refractivity (Wildman–Crippen MR) is 103 cm³/mol. The van der Waals surface area contributed by atoms with Gasteiger partial charge in [0.25, 0.3) is 0 Å². The van der Waals surface area contributed by atoms with E-state index in [1.807, 2.05) is 13.8 Å². The van der Waals surface area contributed by atoms with Crippen LogP contribution in [-0.2, 0) is 14.3 Å². The van der Waals surface area contributed by atoms with Gasteiger partial charge in [-0.25, -0.2) is 0 Å². The number of rotatable bonds is 5. The summed E-state index contributed by atoms with van der Waals surface area (Å²) >= 11 is 8.73. The number of hydrogen-bond donors (Lipinski definition) is 1. The number of ether oxygens (including phenoxy) is 1. The zero-order valence-corrected chi connectivity index (χ0v) is 16.5. The van der Waals surface area contributed by atoms with Crippen molar-refractivity contribution in [3.63, 3.8) is 0 Å². The number of carbonyl (C=O) groups excluding carboxylic acids is 3. The Morgan fingerprint density at radius 1 is 1.27 bits per heavy atom. The van der Waals surface area contributed by atoms with Crippen LogP contribution >= 0.6 is 34.7 Å². The maximum atomic E-state index is 12.2. The number of aryl methyl sites for hydroxylation is 2. The van der Waals surface area contributed by atoms with Gasteiger partial charge in [-0.15, -0.1) is 23.1 Å². The number of benzene rings is 1. The van der Waals surface area contributed by atoms with Crippen LogP contribution in [0.15, 0.2) is 29.2 Å². The Morgan fingerprint density at radius 2 is 2.04 bits per heavy atom. The lowest BCUT2D eigenvalue weighted by atomic mass is 10.2. The maximum Gasteiger partial charge on any atom is 0.307 e. The molecule has 0 radical (unpaired) electrons. The molecule has 0 bridgehead atoms. The minimum atomic E-state index is -0.601. The SMILES string of the molecule is Cc1cc(C(=O)COC(=O)CC2Sc3ccc(Cl)cc3NC2=O)c(C)s1. The highest BCUT2D eigenvalue weighted by molar-refractivity contribution is 8.01. The summed E-state index contributed by atoms with van der Waals surface area (Å²) in [5, 5.41) is 2.67. The Bertz CT molecular complexity index is 893. The quantitative estimate of drug-likeness (QED) is 0.590. The average Bonchev–Trinajstić information content (AvgIpc) is 2.92. The van der Waals surface area contributed by atoms with E-state index in [0.29, 0.717) is 16.3 Å². The molecule has 0 fully saturated rings. The highest BCUT2D eigenvalue weighted by atomic mass is 35.5. The third-order valence-corrected chi connectivity index (χ3v) is 6.30. The van der Waals surface area contributed by atoms with Crippen molar-refractivity contribution in [2.45, 2.75) is 30.4 Å². The molecule has 1 N–H and O–H groups in total. The molecule has 0 spiro atoms. The van der Waals surface area contributed by atoms with Crippen molar-refractivity contribution in [3.8, 4) is 0 Å². The fourth-order valence-electron chi connectivity index (χ4n) is 2.60. The molecule has 1 aliphatic heterocycles. The van der Waals surface area contributed by atoms with E-state index < -0.39 is 11.2 Å². The lowest BCUT2D eigenvalue weighted by molar-refractivity contribution is -0.143. The number of anilines is 1. The lowest BCUT2D eigenvalue weighted by Crippen LogP contribution is -2.31. The van der Waals surface area contributed by atoms with E-state index in [1.165, 1.54) is 23.1 Å². The van der Waals surface area contributed by atoms with Gasteiger partial charge in [0.2, 0.25) is 11.7 Å². The van der Waals surface area contributed by atoms with E-state index in [4.69, 9.17) is 16.3 Å². The topological polar surface area (TPSA) is 72.5 Å². The number of thioether (sulfide) groups is 1. The van der Waals surface area contributed by atoms with Gasteiger partial charge >= 0.3 is 5.97 Å². The maximum absolute atomic E-state index is 12.2. The summed E-state index contributed by atoms with van der Waals surface area (Å²) in [5.41, 5.74) is 1.21. The molecule has 2 heterocycles. The van der Waals surface area contributed by atoms with E-state index in [9.17, 15) is 14.4 Å². The third kappa shape index (κ3) is 4.28. The highest BCUT2D eigenvalue weighted by Crippen LogP contribution is 2.38. The molecular weight excluding hydrogens is 394 g/mol. The van der Waals surface area contributed by atoms with Gasteiger partial charge in [-0.3, -0.25) is 14.4 Å². The van der Waals surface area contributed by atoms with Crippen LogP contribution in [0.3, 0.4) is 0 Å². The normalized spacial score (nSPS) is 16.0. The van der Waals surface area contributed by atoms with Gasteiger partial charge in [0.1, 0.15) is 0 Å². The van der Waals surface area contributed by atoms with Gasteiger partial charge in [0.15, 0.2) is 6.61 Å². The van der Waals surface area contributed by atoms with Crippen molar-refractivity contribution in [1.29, 1.82) is 0 Å². The van der Waals surface area contributed by atoms with Crippen LogP contribution in [0.1, 0.15) is 26.5 Å². The van der Waals surface area contributed by atoms with Gasteiger partial charge < -0.3 is 10.1 Å². The van der Waals surface area contributed by atoms with Crippen LogP contribution in [0.4, 0.5) is 5.69 Å². The molecule has 0 saturated heterocycles. The summed E-state index contributed by atoms with van der Waals surface area (Å²) in [6.45, 7) is 3.46. The Labute approximate surface area is 164 Å². The van der Waals surface area contributed by atoms with E-state index in [1.54, 1.807) is 24.3 Å². The largest absolute Gasteiger partial charge is 0.457 e. The first-order chi connectivity index (χ1) is 12.3. The summed E-state index contributed by atoms with van der Waals surface area (Å²) in [4.78, 5) is 39.2. The average molecular weight is 410 g/mol. The van der Waals surface area contributed by atoms with Gasteiger partial charge in [0.05, 0.1) is 17.4 Å². The lowest BCUT2D eigenvalue weighted by Gasteiger charge is -2.23. The monoisotopic (exact) mass is 409 g/mol. The molecule has 0 saturated carbocycles. The number of amides is 1. The van der Waals surface area contributed by atoms with Crippen LogP contribution in [0.25, 0.3) is 0 Å². The molecule has 26 heavy (non-hydrogen) atoms. The summed E-state index contributed by atoms with van der Waals surface area (Å²) < 4.78 is 5.08. The molecule has 1 amide bonds. The first kappa shape index (κ1) is 18.9. The van der Waals surface area contributed by atoms with Crippen molar-refractivity contribution in [2.24, 2.45) is 0 Å². The van der Waals surface area contributed by atoms with Crippen molar-refractivity contribution in [1.82, 2.24) is 0 Å². The zero-order chi connectivity index (χ0) is 18.8. The van der Waals surface area contributed by atoms with Crippen LogP contribution in [-0.4, -0.2) is 29.5 Å².